The lowest BCUT2D eigenvalue weighted by atomic mass is 10.1. The summed E-state index contributed by atoms with van der Waals surface area (Å²) in [6.07, 6.45) is 7.68. The van der Waals surface area contributed by atoms with Crippen molar-refractivity contribution in [1.82, 2.24) is 9.29 Å². The van der Waals surface area contributed by atoms with Crippen molar-refractivity contribution in [3.8, 4) is 5.75 Å². The summed E-state index contributed by atoms with van der Waals surface area (Å²) in [5, 5.41) is 3.85. The highest BCUT2D eigenvalue weighted by Gasteiger charge is 2.38. The highest BCUT2D eigenvalue weighted by molar-refractivity contribution is 7.90. The molecule has 42 heavy (non-hydrogen) atoms. The van der Waals surface area contributed by atoms with Crippen molar-refractivity contribution in [2.75, 3.05) is 12.4 Å². The number of allylic oxidation sites excluding steroid dienone is 1. The number of ether oxygens (including phenoxy) is 2. The van der Waals surface area contributed by atoms with Gasteiger partial charge in [-0.25, -0.2) is 17.9 Å². The van der Waals surface area contributed by atoms with E-state index in [0.717, 1.165) is 29.3 Å². The molecule has 1 fully saturated rings. The first-order valence-corrected chi connectivity index (χ1v) is 15.2. The maximum atomic E-state index is 12.9. The molecule has 0 saturated heterocycles. The summed E-state index contributed by atoms with van der Waals surface area (Å²) in [5.74, 6) is 0.513. The van der Waals surface area contributed by atoms with E-state index in [2.05, 4.69) is 22.2 Å². The second-order valence-electron chi connectivity index (χ2n) is 10.8. The first-order valence-electron chi connectivity index (χ1n) is 13.7. The summed E-state index contributed by atoms with van der Waals surface area (Å²) in [4.78, 5) is 25.5. The zero-order valence-corrected chi connectivity index (χ0v) is 24.1. The fourth-order valence-electron chi connectivity index (χ4n) is 5.84. The van der Waals surface area contributed by atoms with E-state index in [4.69, 9.17) is 9.47 Å². The van der Waals surface area contributed by atoms with E-state index >= 15 is 0 Å². The summed E-state index contributed by atoms with van der Waals surface area (Å²) in [6.45, 7) is 2.09. The molecule has 2 bridgehead atoms. The van der Waals surface area contributed by atoms with Gasteiger partial charge in [0, 0.05) is 28.9 Å². The van der Waals surface area contributed by atoms with Crippen molar-refractivity contribution in [2.24, 2.45) is 11.8 Å². The number of hydrogen-bond acceptors (Lipinski definition) is 6. The van der Waals surface area contributed by atoms with Crippen molar-refractivity contribution in [1.29, 1.82) is 0 Å². The quantitative estimate of drug-likeness (QED) is 0.259. The summed E-state index contributed by atoms with van der Waals surface area (Å²) < 4.78 is 41.0. The molecule has 2 aliphatic rings. The van der Waals surface area contributed by atoms with Crippen LogP contribution in [0.3, 0.4) is 0 Å². The Balaban J connectivity index is 1.17. The zero-order valence-electron chi connectivity index (χ0n) is 23.2. The molecule has 2 amide bonds. The third-order valence-corrected chi connectivity index (χ3v) is 9.49. The highest BCUT2D eigenvalue weighted by atomic mass is 32.2. The number of carbonyl (C=O) groups excluding carboxylic acids is 2. The molecule has 216 valence electrons. The molecule has 10 heteroatoms. The van der Waals surface area contributed by atoms with Gasteiger partial charge in [0.15, 0.2) is 0 Å². The topological polar surface area (TPSA) is 116 Å². The molecule has 6 rings (SSSR count). The standard InChI is InChI=1S/C32H31N3O6S/c1-20-5-3-4-6-30(20)42(38,39)34-31(36)24-9-10-25(28(17-24)40-2)19-35-14-13-22-11-12-26(18-27(22)35)33-32(37)41-29-16-21-7-8-23(29)15-21/h3-14,17-18,21,23,29H,15-16,19H2,1-2H3,(H,33,37)(H,34,36). The Morgan fingerprint density at radius 2 is 1.83 bits per heavy atom. The predicted molar refractivity (Wildman–Crippen MR) is 159 cm³/mol. The Bertz CT molecular complexity index is 1830. The number of nitrogens with zero attached hydrogens (tertiary/aromatic N) is 1. The van der Waals surface area contributed by atoms with Gasteiger partial charge in [0.1, 0.15) is 11.9 Å². The average Bonchev–Trinajstić information content (AvgIpc) is 3.69. The van der Waals surface area contributed by atoms with E-state index in [9.17, 15) is 18.0 Å². The van der Waals surface area contributed by atoms with Crippen LogP contribution < -0.4 is 14.8 Å². The molecular formula is C32H31N3O6S. The Morgan fingerprint density at radius 3 is 2.57 bits per heavy atom. The first kappa shape index (κ1) is 27.6. The zero-order chi connectivity index (χ0) is 29.4. The fraction of sp³-hybridized carbons (Fsp3) is 0.250. The summed E-state index contributed by atoms with van der Waals surface area (Å²) in [7, 11) is -2.54. The number of sulfonamides is 1. The van der Waals surface area contributed by atoms with Crippen molar-refractivity contribution >= 4 is 38.6 Å². The number of methoxy groups -OCH3 is 1. The lowest BCUT2D eigenvalue weighted by molar-refractivity contribution is 0.0955. The Labute approximate surface area is 244 Å². The average molecular weight is 586 g/mol. The van der Waals surface area contributed by atoms with Gasteiger partial charge in [-0.2, -0.15) is 0 Å². The number of fused-ring (bicyclic) bond motifs is 3. The van der Waals surface area contributed by atoms with Gasteiger partial charge in [-0.1, -0.05) is 42.5 Å². The van der Waals surface area contributed by atoms with Crippen LogP contribution in [-0.2, 0) is 21.3 Å². The lowest BCUT2D eigenvalue weighted by Gasteiger charge is -2.19. The molecule has 1 heterocycles. The normalized spacial score (nSPS) is 19.1. The van der Waals surface area contributed by atoms with Gasteiger partial charge in [-0.3, -0.25) is 10.1 Å². The number of aryl methyl sites for hydroxylation is 1. The molecule has 0 spiro atoms. The second kappa shape index (κ2) is 11.0. The minimum atomic E-state index is -4.04. The van der Waals surface area contributed by atoms with Crippen LogP contribution >= 0.6 is 0 Å². The minimum absolute atomic E-state index is 0.0474. The van der Waals surface area contributed by atoms with Crippen molar-refractivity contribution in [3.05, 3.63) is 102 Å². The third kappa shape index (κ3) is 5.49. The lowest BCUT2D eigenvalue weighted by Crippen LogP contribution is -2.31. The molecule has 3 atom stereocenters. The monoisotopic (exact) mass is 585 g/mol. The molecule has 4 aromatic rings. The van der Waals surface area contributed by atoms with Gasteiger partial charge in [0.05, 0.1) is 24.1 Å². The van der Waals surface area contributed by atoms with Gasteiger partial charge in [0.25, 0.3) is 15.9 Å². The molecule has 1 aromatic heterocycles. The molecule has 3 aromatic carbocycles. The van der Waals surface area contributed by atoms with Gasteiger partial charge in [-0.05, 0) is 73.0 Å². The van der Waals surface area contributed by atoms with Gasteiger partial charge >= 0.3 is 6.09 Å². The van der Waals surface area contributed by atoms with E-state index in [-0.39, 0.29) is 16.6 Å². The number of nitrogens with one attached hydrogen (secondary N) is 2. The number of amides is 2. The van der Waals surface area contributed by atoms with Crippen molar-refractivity contribution in [2.45, 2.75) is 37.3 Å². The Hall–Kier alpha value is -4.57. The SMILES string of the molecule is COc1cc(C(=O)NS(=O)(=O)c2ccccc2C)ccc1Cn1ccc2ccc(NC(=O)OC3CC4C=CC3C4)cc21. The maximum Gasteiger partial charge on any atom is 0.411 e. The van der Waals surface area contributed by atoms with E-state index in [0.29, 0.717) is 35.4 Å². The fourth-order valence-corrected chi connectivity index (χ4v) is 7.07. The second-order valence-corrected chi connectivity index (χ2v) is 12.4. The smallest absolute Gasteiger partial charge is 0.411 e. The van der Waals surface area contributed by atoms with Gasteiger partial charge < -0.3 is 14.0 Å². The largest absolute Gasteiger partial charge is 0.496 e. The van der Waals surface area contributed by atoms with Gasteiger partial charge in [0.2, 0.25) is 0 Å². The van der Waals surface area contributed by atoms with Crippen LogP contribution in [-0.4, -0.2) is 38.2 Å². The van der Waals surface area contributed by atoms with Crippen LogP contribution in [0.1, 0.15) is 34.3 Å². The van der Waals surface area contributed by atoms with Crippen LogP contribution in [0.4, 0.5) is 10.5 Å². The third-order valence-electron chi connectivity index (χ3n) is 8.00. The van der Waals surface area contributed by atoms with Crippen LogP contribution in [0, 0.1) is 18.8 Å². The van der Waals surface area contributed by atoms with Crippen LogP contribution in [0.5, 0.6) is 5.75 Å². The van der Waals surface area contributed by atoms with Crippen molar-refractivity contribution in [3.63, 3.8) is 0 Å². The first-order chi connectivity index (χ1) is 20.2. The van der Waals surface area contributed by atoms with E-state index in [1.807, 2.05) is 35.0 Å². The van der Waals surface area contributed by atoms with E-state index in [1.54, 1.807) is 37.3 Å². The number of aromatic nitrogens is 1. The Morgan fingerprint density at radius 1 is 1.00 bits per heavy atom. The van der Waals surface area contributed by atoms with Crippen LogP contribution in [0.2, 0.25) is 0 Å². The van der Waals surface area contributed by atoms with Crippen molar-refractivity contribution < 1.29 is 27.5 Å². The highest BCUT2D eigenvalue weighted by Crippen LogP contribution is 2.40. The molecule has 9 nitrogen and oxygen atoms in total. The van der Waals surface area contributed by atoms with Gasteiger partial charge in [-0.15, -0.1) is 0 Å². The maximum absolute atomic E-state index is 12.9. The molecule has 0 aliphatic heterocycles. The van der Waals surface area contributed by atoms with Crippen LogP contribution in [0.15, 0.2) is 90.0 Å². The molecular weight excluding hydrogens is 554 g/mol. The molecule has 2 aliphatic carbocycles. The summed E-state index contributed by atoms with van der Waals surface area (Å²) in [6, 6.07) is 18.9. The number of carbonyl (C=O) groups is 2. The van der Waals surface area contributed by atoms with E-state index in [1.165, 1.54) is 19.2 Å². The number of hydrogen-bond donors (Lipinski definition) is 2. The summed E-state index contributed by atoms with van der Waals surface area (Å²) in [5.41, 5.74) is 3.00. The number of anilines is 1. The van der Waals surface area contributed by atoms with E-state index < -0.39 is 22.0 Å². The molecule has 0 radical (unpaired) electrons. The Kier molecular flexibility index (Phi) is 7.24. The number of benzene rings is 3. The predicted octanol–water partition coefficient (Wildman–Crippen LogP) is 5.64. The summed E-state index contributed by atoms with van der Waals surface area (Å²) >= 11 is 0. The van der Waals surface area contributed by atoms with Crippen LogP contribution in [0.25, 0.3) is 10.9 Å². The number of rotatable bonds is 8. The minimum Gasteiger partial charge on any atom is -0.496 e. The molecule has 1 saturated carbocycles. The molecule has 2 N–H and O–H groups in total. The molecule has 3 unspecified atom stereocenters.